The van der Waals surface area contributed by atoms with E-state index in [1.54, 1.807) is 48.5 Å². The SMILES string of the molecule is O=[N+]([O-])c1ccc(P(=O)(Oc2ccccc2)Oc2ccccc2)cc1. The molecular weight excluding hydrogens is 341 g/mol. The molecule has 3 rings (SSSR count). The number of benzene rings is 3. The van der Waals surface area contributed by atoms with Gasteiger partial charge in [-0.25, -0.2) is 4.57 Å². The van der Waals surface area contributed by atoms with E-state index in [9.17, 15) is 14.7 Å². The van der Waals surface area contributed by atoms with Crippen LogP contribution in [0.2, 0.25) is 0 Å². The Bertz CT molecular complexity index is 852. The minimum Gasteiger partial charge on any atom is -0.413 e. The largest absolute Gasteiger partial charge is 0.462 e. The van der Waals surface area contributed by atoms with Crippen molar-refractivity contribution in [3.63, 3.8) is 0 Å². The van der Waals surface area contributed by atoms with Crippen molar-refractivity contribution in [2.24, 2.45) is 0 Å². The Labute approximate surface area is 144 Å². The van der Waals surface area contributed by atoms with Gasteiger partial charge in [-0.3, -0.25) is 10.1 Å². The van der Waals surface area contributed by atoms with Crippen molar-refractivity contribution < 1.29 is 18.5 Å². The normalized spacial score (nSPS) is 10.9. The first kappa shape index (κ1) is 16.7. The van der Waals surface area contributed by atoms with Crippen molar-refractivity contribution in [1.82, 2.24) is 0 Å². The molecule has 6 nitrogen and oxygen atoms in total. The van der Waals surface area contributed by atoms with Gasteiger partial charge in [-0.15, -0.1) is 0 Å². The van der Waals surface area contributed by atoms with Crippen LogP contribution in [0.25, 0.3) is 0 Å². The van der Waals surface area contributed by atoms with E-state index >= 15 is 0 Å². The molecule has 0 aliphatic heterocycles. The highest BCUT2D eigenvalue weighted by Gasteiger charge is 2.31. The fourth-order valence-electron chi connectivity index (χ4n) is 2.12. The first-order valence-corrected chi connectivity index (χ1v) is 8.95. The van der Waals surface area contributed by atoms with Crippen LogP contribution >= 0.6 is 7.60 Å². The molecule has 0 spiro atoms. The van der Waals surface area contributed by atoms with Crippen LogP contribution in [0.5, 0.6) is 11.5 Å². The number of hydrogen-bond donors (Lipinski definition) is 0. The predicted octanol–water partition coefficient (Wildman–Crippen LogP) is 4.57. The molecule has 0 N–H and O–H groups in total. The van der Waals surface area contributed by atoms with E-state index in [0.29, 0.717) is 11.5 Å². The monoisotopic (exact) mass is 355 g/mol. The van der Waals surface area contributed by atoms with Crippen LogP contribution in [0.1, 0.15) is 0 Å². The van der Waals surface area contributed by atoms with E-state index < -0.39 is 12.5 Å². The number of nitrogens with zero attached hydrogens (tertiary/aromatic N) is 1. The van der Waals surface area contributed by atoms with Gasteiger partial charge in [-0.05, 0) is 36.4 Å². The predicted molar refractivity (Wildman–Crippen MR) is 94.5 cm³/mol. The van der Waals surface area contributed by atoms with Crippen LogP contribution in [-0.4, -0.2) is 4.92 Å². The summed E-state index contributed by atoms with van der Waals surface area (Å²) in [6.45, 7) is 0. The first-order valence-electron chi connectivity index (χ1n) is 7.41. The molecule has 7 heteroatoms. The van der Waals surface area contributed by atoms with Gasteiger partial charge in [-0.1, -0.05) is 36.4 Å². The van der Waals surface area contributed by atoms with Gasteiger partial charge in [-0.2, -0.15) is 0 Å². The zero-order valence-corrected chi connectivity index (χ0v) is 13.9. The summed E-state index contributed by atoms with van der Waals surface area (Å²) in [5, 5.41) is 11.0. The van der Waals surface area contributed by atoms with Gasteiger partial charge in [0.2, 0.25) is 0 Å². The van der Waals surface area contributed by atoms with Crippen molar-refractivity contribution in [3.8, 4) is 11.5 Å². The highest BCUT2D eigenvalue weighted by atomic mass is 31.2. The third kappa shape index (κ3) is 4.05. The number of nitro groups is 1. The lowest BCUT2D eigenvalue weighted by Gasteiger charge is -2.20. The zero-order valence-electron chi connectivity index (χ0n) is 13.0. The first-order chi connectivity index (χ1) is 12.1. The molecule has 25 heavy (non-hydrogen) atoms. The van der Waals surface area contributed by atoms with E-state index in [-0.39, 0.29) is 11.0 Å². The molecule has 0 saturated carbocycles. The summed E-state index contributed by atoms with van der Waals surface area (Å²) in [6.07, 6.45) is 0. The van der Waals surface area contributed by atoms with Crippen molar-refractivity contribution in [1.29, 1.82) is 0 Å². The Hall–Kier alpha value is -3.11. The summed E-state index contributed by atoms with van der Waals surface area (Å²) in [5.74, 6) is 0.750. The molecular formula is C18H14NO5P. The van der Waals surface area contributed by atoms with Crippen molar-refractivity contribution >= 4 is 18.6 Å². The highest BCUT2D eigenvalue weighted by molar-refractivity contribution is 7.63. The van der Waals surface area contributed by atoms with Crippen LogP contribution in [0.4, 0.5) is 5.69 Å². The fourth-order valence-corrected chi connectivity index (χ4v) is 3.68. The number of nitro benzene ring substituents is 1. The van der Waals surface area contributed by atoms with Gasteiger partial charge < -0.3 is 9.05 Å². The Morgan fingerprint density at radius 3 is 1.56 bits per heavy atom. The maximum Gasteiger partial charge on any atom is 0.462 e. The van der Waals surface area contributed by atoms with Crippen molar-refractivity contribution in [3.05, 3.63) is 95.0 Å². The third-order valence-electron chi connectivity index (χ3n) is 3.31. The number of non-ortho nitro benzene ring substituents is 1. The highest BCUT2D eigenvalue weighted by Crippen LogP contribution is 2.47. The van der Waals surface area contributed by atoms with E-state index in [0.717, 1.165) is 0 Å². The van der Waals surface area contributed by atoms with Gasteiger partial charge in [0.15, 0.2) is 0 Å². The van der Waals surface area contributed by atoms with Gasteiger partial charge in [0.25, 0.3) is 5.69 Å². The summed E-state index contributed by atoms with van der Waals surface area (Å²) < 4.78 is 24.7. The van der Waals surface area contributed by atoms with Gasteiger partial charge >= 0.3 is 7.60 Å². The summed E-state index contributed by atoms with van der Waals surface area (Å²) in [7, 11) is -3.79. The molecule has 0 unspecified atom stereocenters. The van der Waals surface area contributed by atoms with E-state index in [4.69, 9.17) is 9.05 Å². The Kier molecular flexibility index (Phi) is 4.82. The maximum absolute atomic E-state index is 13.4. The minimum absolute atomic E-state index is 0.102. The average Bonchev–Trinajstić information content (AvgIpc) is 2.63. The summed E-state index contributed by atoms with van der Waals surface area (Å²) in [4.78, 5) is 10.3. The van der Waals surface area contributed by atoms with E-state index in [1.807, 2.05) is 12.1 Å². The second-order valence-corrected chi connectivity index (χ2v) is 6.96. The van der Waals surface area contributed by atoms with Crippen LogP contribution in [0.3, 0.4) is 0 Å². The quantitative estimate of drug-likeness (QED) is 0.368. The van der Waals surface area contributed by atoms with Crippen LogP contribution in [0.15, 0.2) is 84.9 Å². The molecule has 0 heterocycles. The van der Waals surface area contributed by atoms with Crippen molar-refractivity contribution in [2.75, 3.05) is 0 Å². The molecule has 0 aliphatic carbocycles. The average molecular weight is 355 g/mol. The molecule has 0 aromatic heterocycles. The lowest BCUT2D eigenvalue weighted by atomic mass is 10.3. The zero-order chi connectivity index (χ0) is 17.7. The van der Waals surface area contributed by atoms with E-state index in [1.165, 1.54) is 24.3 Å². The Balaban J connectivity index is 1.98. The molecule has 0 aliphatic rings. The Morgan fingerprint density at radius 1 is 0.720 bits per heavy atom. The second-order valence-electron chi connectivity index (χ2n) is 5.08. The lowest BCUT2D eigenvalue weighted by Crippen LogP contribution is -2.14. The molecule has 126 valence electrons. The molecule has 0 radical (unpaired) electrons. The van der Waals surface area contributed by atoms with Crippen LogP contribution < -0.4 is 14.4 Å². The standard InChI is InChI=1S/C18H14NO5P/c20-19(21)15-11-13-18(14-12-15)25(22,23-16-7-3-1-4-8-16)24-17-9-5-2-6-10-17/h1-14H. The maximum atomic E-state index is 13.4. The third-order valence-corrected chi connectivity index (χ3v) is 5.15. The fraction of sp³-hybridized carbons (Fsp3) is 0. The Morgan fingerprint density at radius 2 is 1.16 bits per heavy atom. The topological polar surface area (TPSA) is 78.7 Å². The van der Waals surface area contributed by atoms with Gasteiger partial charge in [0.1, 0.15) is 11.5 Å². The number of para-hydroxylation sites is 2. The molecule has 3 aromatic carbocycles. The lowest BCUT2D eigenvalue weighted by molar-refractivity contribution is -0.384. The summed E-state index contributed by atoms with van der Waals surface area (Å²) in [5.41, 5.74) is -0.102. The van der Waals surface area contributed by atoms with Crippen LogP contribution in [-0.2, 0) is 4.57 Å². The van der Waals surface area contributed by atoms with Gasteiger partial charge in [0, 0.05) is 12.1 Å². The smallest absolute Gasteiger partial charge is 0.413 e. The second kappa shape index (κ2) is 7.20. The van der Waals surface area contributed by atoms with Crippen molar-refractivity contribution in [2.45, 2.75) is 0 Å². The molecule has 0 amide bonds. The molecule has 3 aromatic rings. The summed E-state index contributed by atoms with van der Waals surface area (Å²) in [6, 6.07) is 22.5. The van der Waals surface area contributed by atoms with E-state index in [2.05, 4.69) is 0 Å². The summed E-state index contributed by atoms with van der Waals surface area (Å²) >= 11 is 0. The molecule has 0 fully saturated rings. The number of rotatable bonds is 6. The molecule has 0 atom stereocenters. The molecule has 0 saturated heterocycles. The minimum atomic E-state index is -3.79. The number of hydrogen-bond acceptors (Lipinski definition) is 5. The van der Waals surface area contributed by atoms with Crippen LogP contribution in [0, 0.1) is 10.1 Å². The molecule has 0 bridgehead atoms. The van der Waals surface area contributed by atoms with Gasteiger partial charge in [0.05, 0.1) is 10.2 Å².